The van der Waals surface area contributed by atoms with Crippen molar-refractivity contribution < 1.29 is 14.4 Å². The van der Waals surface area contributed by atoms with Gasteiger partial charge in [0.05, 0.1) is 11.0 Å². The van der Waals surface area contributed by atoms with Crippen molar-refractivity contribution in [3.63, 3.8) is 0 Å². The highest BCUT2D eigenvalue weighted by Gasteiger charge is 2.63. The van der Waals surface area contributed by atoms with E-state index in [4.69, 9.17) is 0 Å². The van der Waals surface area contributed by atoms with Crippen LogP contribution in [0.4, 0.5) is 0 Å². The number of likely N-dealkylation sites (N-methyl/N-ethyl adjacent to an activating group) is 1. The lowest BCUT2D eigenvalue weighted by molar-refractivity contribution is -0.169. The topological polar surface area (TPSA) is 60.9 Å². The number of carbonyl (C=O) groups is 3. The maximum Gasteiger partial charge on any atom is 0.248 e. The van der Waals surface area contributed by atoms with E-state index in [1.165, 1.54) is 0 Å². The van der Waals surface area contributed by atoms with Crippen LogP contribution in [0.3, 0.4) is 0 Å². The zero-order chi connectivity index (χ0) is 20.6. The Labute approximate surface area is 162 Å². The molecule has 2 saturated heterocycles. The standard InChI is InChI=1S/C21H33N3O3/c1-14-11-15(25)24-13-19(5,23(8)16(26)20(14,24)6)12-21(18(2,3)4)9-10-22(7)17(21)27/h9-10,14H,11-13H2,1-8H3/t14-,19+,20+,21-/m0/s1. The average Bonchev–Trinajstić information content (AvgIpc) is 2.96. The summed E-state index contributed by atoms with van der Waals surface area (Å²) in [4.78, 5) is 44.4. The van der Waals surface area contributed by atoms with Gasteiger partial charge in [0.2, 0.25) is 17.7 Å². The molecule has 0 aromatic rings. The van der Waals surface area contributed by atoms with Gasteiger partial charge in [-0.3, -0.25) is 14.4 Å². The molecule has 0 aromatic carbocycles. The van der Waals surface area contributed by atoms with Crippen molar-refractivity contribution in [3.8, 4) is 0 Å². The molecule has 0 radical (unpaired) electrons. The van der Waals surface area contributed by atoms with Crippen molar-refractivity contribution in [1.29, 1.82) is 0 Å². The quantitative estimate of drug-likeness (QED) is 0.744. The number of hydrogen-bond acceptors (Lipinski definition) is 3. The molecule has 27 heavy (non-hydrogen) atoms. The van der Waals surface area contributed by atoms with E-state index in [0.29, 0.717) is 19.4 Å². The summed E-state index contributed by atoms with van der Waals surface area (Å²) in [6.45, 7) is 12.5. The predicted molar refractivity (Wildman–Crippen MR) is 103 cm³/mol. The van der Waals surface area contributed by atoms with Gasteiger partial charge in [0.25, 0.3) is 0 Å². The zero-order valence-corrected chi connectivity index (χ0v) is 17.9. The maximum atomic E-state index is 13.4. The molecule has 0 spiro atoms. The van der Waals surface area contributed by atoms with Gasteiger partial charge in [-0.1, -0.05) is 33.8 Å². The molecule has 2 fully saturated rings. The van der Waals surface area contributed by atoms with Gasteiger partial charge in [0.15, 0.2) is 0 Å². The summed E-state index contributed by atoms with van der Waals surface area (Å²) < 4.78 is 0. The number of nitrogens with zero attached hydrogens (tertiary/aromatic N) is 3. The molecule has 4 atom stereocenters. The van der Waals surface area contributed by atoms with E-state index in [-0.39, 0.29) is 29.1 Å². The van der Waals surface area contributed by atoms with Crippen molar-refractivity contribution in [2.75, 3.05) is 20.6 Å². The minimum Gasteiger partial charge on any atom is -0.336 e. The third-order valence-electron chi connectivity index (χ3n) is 7.63. The van der Waals surface area contributed by atoms with Crippen LogP contribution in [0.25, 0.3) is 0 Å². The van der Waals surface area contributed by atoms with Crippen LogP contribution in [0.1, 0.15) is 54.4 Å². The van der Waals surface area contributed by atoms with Gasteiger partial charge in [-0.2, -0.15) is 0 Å². The Hall–Kier alpha value is -1.85. The first-order valence-corrected chi connectivity index (χ1v) is 9.76. The predicted octanol–water partition coefficient (Wildman–Crippen LogP) is 2.25. The van der Waals surface area contributed by atoms with Crippen molar-refractivity contribution in [1.82, 2.24) is 14.7 Å². The summed E-state index contributed by atoms with van der Waals surface area (Å²) in [7, 11) is 3.59. The fourth-order valence-electron chi connectivity index (χ4n) is 5.14. The molecule has 0 unspecified atom stereocenters. The Balaban J connectivity index is 2.04. The van der Waals surface area contributed by atoms with Crippen LogP contribution in [0.5, 0.6) is 0 Å². The van der Waals surface area contributed by atoms with Crippen molar-refractivity contribution in [2.45, 2.75) is 65.5 Å². The Morgan fingerprint density at radius 3 is 2.19 bits per heavy atom. The Morgan fingerprint density at radius 1 is 1.11 bits per heavy atom. The highest BCUT2D eigenvalue weighted by atomic mass is 16.2. The first-order chi connectivity index (χ1) is 12.2. The van der Waals surface area contributed by atoms with E-state index in [1.807, 2.05) is 40.1 Å². The summed E-state index contributed by atoms with van der Waals surface area (Å²) in [6, 6.07) is 0. The SMILES string of the molecule is C[C@H]1CC(=O)N2C[C@@](C)(C[C@@]3(C(C)(C)C)C=CN(C)C3=O)N(C)C(=O)[C@@]12C. The molecule has 3 aliphatic rings. The summed E-state index contributed by atoms with van der Waals surface area (Å²) in [6.07, 6.45) is 4.70. The lowest BCUT2D eigenvalue weighted by atomic mass is 9.60. The Bertz CT molecular complexity index is 739. The minimum atomic E-state index is -0.785. The molecule has 3 aliphatic heterocycles. The van der Waals surface area contributed by atoms with Gasteiger partial charge < -0.3 is 14.7 Å². The molecule has 0 aliphatic carbocycles. The molecular formula is C21H33N3O3. The molecule has 0 N–H and O–H groups in total. The van der Waals surface area contributed by atoms with Gasteiger partial charge in [-0.05, 0) is 31.6 Å². The second kappa shape index (κ2) is 5.58. The molecule has 3 heterocycles. The molecule has 3 rings (SSSR count). The second-order valence-electron chi connectivity index (χ2n) is 10.2. The van der Waals surface area contributed by atoms with Crippen LogP contribution in [-0.4, -0.2) is 64.1 Å². The van der Waals surface area contributed by atoms with E-state index in [0.717, 1.165) is 0 Å². The number of piperazine rings is 1. The first-order valence-electron chi connectivity index (χ1n) is 9.76. The van der Waals surface area contributed by atoms with Gasteiger partial charge >= 0.3 is 0 Å². The van der Waals surface area contributed by atoms with Crippen molar-refractivity contribution in [3.05, 3.63) is 12.3 Å². The third-order valence-corrected chi connectivity index (χ3v) is 7.63. The van der Waals surface area contributed by atoms with Crippen LogP contribution in [0, 0.1) is 16.7 Å². The lowest BCUT2D eigenvalue weighted by Gasteiger charge is -2.56. The number of amides is 3. The van der Waals surface area contributed by atoms with E-state index >= 15 is 0 Å². The lowest BCUT2D eigenvalue weighted by Crippen LogP contribution is -2.72. The average molecular weight is 376 g/mol. The highest BCUT2D eigenvalue weighted by molar-refractivity contribution is 5.97. The van der Waals surface area contributed by atoms with Crippen LogP contribution >= 0.6 is 0 Å². The van der Waals surface area contributed by atoms with Crippen molar-refractivity contribution >= 4 is 17.7 Å². The molecule has 150 valence electrons. The van der Waals surface area contributed by atoms with Gasteiger partial charge in [-0.25, -0.2) is 0 Å². The van der Waals surface area contributed by atoms with Crippen LogP contribution in [-0.2, 0) is 14.4 Å². The highest BCUT2D eigenvalue weighted by Crippen LogP contribution is 2.53. The van der Waals surface area contributed by atoms with Crippen LogP contribution in [0.2, 0.25) is 0 Å². The zero-order valence-electron chi connectivity index (χ0n) is 17.9. The third kappa shape index (κ3) is 2.41. The summed E-state index contributed by atoms with van der Waals surface area (Å²) in [5.74, 6) is 0.0427. The first kappa shape index (κ1) is 19.9. The summed E-state index contributed by atoms with van der Waals surface area (Å²) in [5, 5.41) is 0. The summed E-state index contributed by atoms with van der Waals surface area (Å²) in [5.41, 5.74) is -2.43. The van der Waals surface area contributed by atoms with E-state index in [9.17, 15) is 14.4 Å². The molecule has 0 aromatic heterocycles. The van der Waals surface area contributed by atoms with E-state index in [2.05, 4.69) is 20.8 Å². The van der Waals surface area contributed by atoms with Gasteiger partial charge in [0, 0.05) is 33.3 Å². The fraction of sp³-hybridized carbons (Fsp3) is 0.762. The summed E-state index contributed by atoms with van der Waals surface area (Å²) >= 11 is 0. The minimum absolute atomic E-state index is 0.0137. The second-order valence-corrected chi connectivity index (χ2v) is 10.2. The smallest absolute Gasteiger partial charge is 0.248 e. The number of hydrogen-bond donors (Lipinski definition) is 0. The molecule has 0 saturated carbocycles. The Morgan fingerprint density at radius 2 is 1.70 bits per heavy atom. The van der Waals surface area contributed by atoms with E-state index in [1.54, 1.807) is 21.7 Å². The van der Waals surface area contributed by atoms with Gasteiger partial charge in [-0.15, -0.1) is 0 Å². The molecule has 6 heteroatoms. The van der Waals surface area contributed by atoms with Gasteiger partial charge in [0.1, 0.15) is 5.54 Å². The normalized spacial score (nSPS) is 39.6. The molecule has 6 nitrogen and oxygen atoms in total. The number of fused-ring (bicyclic) bond motifs is 1. The fourth-order valence-corrected chi connectivity index (χ4v) is 5.14. The molecular weight excluding hydrogens is 342 g/mol. The number of carbonyl (C=O) groups excluding carboxylic acids is 3. The number of rotatable bonds is 2. The van der Waals surface area contributed by atoms with Crippen LogP contribution in [0.15, 0.2) is 12.3 Å². The molecule has 0 bridgehead atoms. The van der Waals surface area contributed by atoms with E-state index < -0.39 is 16.5 Å². The largest absolute Gasteiger partial charge is 0.336 e. The van der Waals surface area contributed by atoms with Crippen LogP contribution < -0.4 is 0 Å². The maximum absolute atomic E-state index is 13.4. The molecule has 3 amide bonds. The monoisotopic (exact) mass is 375 g/mol. The van der Waals surface area contributed by atoms with Crippen molar-refractivity contribution in [2.24, 2.45) is 16.7 Å². The Kier molecular flexibility index (Phi) is 4.11.